The zero-order valence-corrected chi connectivity index (χ0v) is 9.22. The summed E-state index contributed by atoms with van der Waals surface area (Å²) in [5.74, 6) is -0.371. The fraction of sp³-hybridized carbons (Fsp3) is 0.300. The van der Waals surface area contributed by atoms with Gasteiger partial charge < -0.3 is 5.32 Å². The molecule has 14 heavy (non-hydrogen) atoms. The molecule has 0 aliphatic rings. The molecule has 4 heteroatoms. The monoisotopic (exact) mass is 231 g/mol. The van der Waals surface area contributed by atoms with Crippen molar-refractivity contribution in [2.24, 2.45) is 0 Å². The molecule has 0 fully saturated rings. The maximum absolute atomic E-state index is 11.2. The Bertz CT molecular complexity index is 300. The van der Waals surface area contributed by atoms with Crippen LogP contribution in [0.25, 0.3) is 0 Å². The number of benzene rings is 1. The Hall–Kier alpha value is -0.730. The smallest absolute Gasteiger partial charge is 0.253 e. The van der Waals surface area contributed by atoms with Crippen LogP contribution in [0.2, 0.25) is 0 Å². The normalized spacial score (nSPS) is 12.6. The first-order valence-electron chi connectivity index (χ1n) is 4.24. The molecule has 0 saturated carbocycles. The van der Waals surface area contributed by atoms with Gasteiger partial charge in [-0.15, -0.1) is 0 Å². The number of halogens is 2. The molecule has 1 amide bonds. The summed E-state index contributed by atoms with van der Waals surface area (Å²) in [6.45, 7) is 1.88. The van der Waals surface area contributed by atoms with E-state index in [0.29, 0.717) is 0 Å². The second kappa shape index (κ2) is 5.23. The van der Waals surface area contributed by atoms with Crippen LogP contribution in [0.5, 0.6) is 0 Å². The number of amides is 1. The van der Waals surface area contributed by atoms with Crippen molar-refractivity contribution < 1.29 is 4.79 Å². The molecule has 1 N–H and O–H groups in total. The minimum Gasteiger partial charge on any atom is -0.347 e. The molecule has 1 aromatic carbocycles. The molecular formula is C10H11Cl2NO. The van der Waals surface area contributed by atoms with Gasteiger partial charge in [-0.05, 0) is 12.5 Å². The lowest BCUT2D eigenvalue weighted by molar-refractivity contribution is -0.120. The maximum atomic E-state index is 11.2. The molecule has 0 saturated heterocycles. The Morgan fingerprint density at radius 3 is 2.36 bits per heavy atom. The minimum atomic E-state index is -1.01. The van der Waals surface area contributed by atoms with Crippen molar-refractivity contribution in [3.8, 4) is 0 Å². The summed E-state index contributed by atoms with van der Waals surface area (Å²) in [6, 6.07) is 9.53. The van der Waals surface area contributed by atoms with Crippen molar-refractivity contribution in [3.05, 3.63) is 35.9 Å². The molecule has 76 valence electrons. The molecule has 0 heterocycles. The van der Waals surface area contributed by atoms with E-state index in [-0.39, 0.29) is 11.9 Å². The number of carbonyl (C=O) groups excluding carboxylic acids is 1. The van der Waals surface area contributed by atoms with Crippen molar-refractivity contribution in [1.29, 1.82) is 0 Å². The van der Waals surface area contributed by atoms with Crippen LogP contribution in [0.1, 0.15) is 18.5 Å². The molecular weight excluding hydrogens is 221 g/mol. The van der Waals surface area contributed by atoms with Crippen LogP contribution in [-0.4, -0.2) is 10.7 Å². The van der Waals surface area contributed by atoms with Crippen molar-refractivity contribution >= 4 is 29.1 Å². The first-order valence-corrected chi connectivity index (χ1v) is 5.12. The fourth-order valence-corrected chi connectivity index (χ4v) is 1.23. The average molecular weight is 232 g/mol. The number of hydrogen-bond acceptors (Lipinski definition) is 1. The van der Waals surface area contributed by atoms with Crippen molar-refractivity contribution in [3.63, 3.8) is 0 Å². The van der Waals surface area contributed by atoms with Gasteiger partial charge in [0.15, 0.2) is 4.84 Å². The van der Waals surface area contributed by atoms with E-state index in [1.165, 1.54) is 0 Å². The lowest BCUT2D eigenvalue weighted by Crippen LogP contribution is -2.30. The molecule has 0 spiro atoms. The number of alkyl halides is 2. The van der Waals surface area contributed by atoms with Gasteiger partial charge >= 0.3 is 0 Å². The minimum absolute atomic E-state index is 0.0799. The van der Waals surface area contributed by atoms with Gasteiger partial charge in [-0.25, -0.2) is 0 Å². The Balaban J connectivity index is 2.59. The van der Waals surface area contributed by atoms with E-state index < -0.39 is 4.84 Å². The van der Waals surface area contributed by atoms with Crippen LogP contribution in [0.15, 0.2) is 30.3 Å². The lowest BCUT2D eigenvalue weighted by atomic mass is 10.1. The third-order valence-corrected chi connectivity index (χ3v) is 2.25. The van der Waals surface area contributed by atoms with Crippen molar-refractivity contribution in [1.82, 2.24) is 5.32 Å². The molecule has 1 aromatic rings. The molecule has 0 aliphatic carbocycles. The van der Waals surface area contributed by atoms with E-state index in [0.717, 1.165) is 5.56 Å². The van der Waals surface area contributed by atoms with Gasteiger partial charge in [-0.1, -0.05) is 53.5 Å². The fourth-order valence-electron chi connectivity index (χ4n) is 1.10. The predicted molar refractivity (Wildman–Crippen MR) is 58.5 cm³/mol. The summed E-state index contributed by atoms with van der Waals surface area (Å²) in [4.78, 5) is 10.1. The van der Waals surface area contributed by atoms with Gasteiger partial charge in [0.25, 0.3) is 5.91 Å². The lowest BCUT2D eigenvalue weighted by Gasteiger charge is -2.14. The van der Waals surface area contributed by atoms with E-state index >= 15 is 0 Å². The third kappa shape index (κ3) is 3.20. The summed E-state index contributed by atoms with van der Waals surface area (Å²) < 4.78 is 0. The number of hydrogen-bond donors (Lipinski definition) is 1. The van der Waals surface area contributed by atoms with E-state index in [9.17, 15) is 4.79 Å². The SMILES string of the molecule is C[C@H](NC(=O)C(Cl)Cl)c1ccccc1. The number of nitrogens with one attached hydrogen (secondary N) is 1. The van der Waals surface area contributed by atoms with Gasteiger partial charge in [0, 0.05) is 0 Å². The Morgan fingerprint density at radius 1 is 1.29 bits per heavy atom. The second-order valence-electron chi connectivity index (χ2n) is 2.94. The molecule has 1 atom stereocenters. The van der Waals surface area contributed by atoms with E-state index in [1.54, 1.807) is 0 Å². The van der Waals surface area contributed by atoms with Crippen LogP contribution in [-0.2, 0) is 4.79 Å². The Kier molecular flexibility index (Phi) is 4.23. The highest BCUT2D eigenvalue weighted by Gasteiger charge is 2.14. The first-order chi connectivity index (χ1) is 6.61. The molecule has 0 bridgehead atoms. The molecule has 0 aromatic heterocycles. The summed E-state index contributed by atoms with van der Waals surface area (Å²) in [6.07, 6.45) is 0. The van der Waals surface area contributed by atoms with Gasteiger partial charge in [0.2, 0.25) is 0 Å². The zero-order valence-electron chi connectivity index (χ0n) is 7.71. The van der Waals surface area contributed by atoms with E-state index in [2.05, 4.69) is 5.32 Å². The Labute approximate surface area is 93.2 Å². The van der Waals surface area contributed by atoms with Gasteiger partial charge in [-0.3, -0.25) is 4.79 Å². The number of carbonyl (C=O) groups is 1. The number of rotatable bonds is 3. The topological polar surface area (TPSA) is 29.1 Å². The quantitative estimate of drug-likeness (QED) is 0.797. The van der Waals surface area contributed by atoms with Crippen LogP contribution in [0.3, 0.4) is 0 Å². The highest BCUT2D eigenvalue weighted by molar-refractivity contribution is 6.53. The predicted octanol–water partition coefficient (Wildman–Crippen LogP) is 2.67. The third-order valence-electron chi connectivity index (χ3n) is 1.86. The molecule has 0 radical (unpaired) electrons. The zero-order chi connectivity index (χ0) is 10.6. The van der Waals surface area contributed by atoms with Gasteiger partial charge in [0.05, 0.1) is 6.04 Å². The molecule has 0 aliphatic heterocycles. The van der Waals surface area contributed by atoms with Crippen LogP contribution in [0, 0.1) is 0 Å². The maximum Gasteiger partial charge on any atom is 0.253 e. The molecule has 0 unspecified atom stereocenters. The van der Waals surface area contributed by atoms with Crippen molar-refractivity contribution in [2.75, 3.05) is 0 Å². The highest BCUT2D eigenvalue weighted by atomic mass is 35.5. The molecule has 2 nitrogen and oxygen atoms in total. The highest BCUT2D eigenvalue weighted by Crippen LogP contribution is 2.12. The summed E-state index contributed by atoms with van der Waals surface area (Å²) in [5, 5.41) is 2.69. The summed E-state index contributed by atoms with van der Waals surface area (Å²) >= 11 is 10.8. The summed E-state index contributed by atoms with van der Waals surface area (Å²) in [7, 11) is 0. The Morgan fingerprint density at radius 2 is 1.86 bits per heavy atom. The van der Waals surface area contributed by atoms with Gasteiger partial charge in [-0.2, -0.15) is 0 Å². The summed E-state index contributed by atoms with van der Waals surface area (Å²) in [5.41, 5.74) is 1.02. The average Bonchev–Trinajstić information content (AvgIpc) is 2.19. The second-order valence-corrected chi connectivity index (χ2v) is 4.04. The van der Waals surface area contributed by atoms with Crippen molar-refractivity contribution in [2.45, 2.75) is 17.8 Å². The van der Waals surface area contributed by atoms with E-state index in [4.69, 9.17) is 23.2 Å². The largest absolute Gasteiger partial charge is 0.347 e. The van der Waals surface area contributed by atoms with Crippen LogP contribution in [0.4, 0.5) is 0 Å². The van der Waals surface area contributed by atoms with Crippen LogP contribution < -0.4 is 5.32 Å². The van der Waals surface area contributed by atoms with E-state index in [1.807, 2.05) is 37.3 Å². The first kappa shape index (κ1) is 11.3. The molecule has 1 rings (SSSR count). The standard InChI is InChI=1S/C10H11Cl2NO/c1-7(13-10(14)9(11)12)8-5-3-2-4-6-8/h2-7,9H,1H3,(H,13,14)/t7-/m0/s1. The van der Waals surface area contributed by atoms with Gasteiger partial charge in [0.1, 0.15) is 0 Å². The van der Waals surface area contributed by atoms with Crippen LogP contribution >= 0.6 is 23.2 Å².